The summed E-state index contributed by atoms with van der Waals surface area (Å²) in [7, 11) is 0. The van der Waals surface area contributed by atoms with Gasteiger partial charge >= 0.3 is 0 Å². The molecular formula is C8H16O2. The van der Waals surface area contributed by atoms with Gasteiger partial charge in [-0.15, -0.1) is 0 Å². The molecule has 1 rings (SSSR count). The van der Waals surface area contributed by atoms with Crippen molar-refractivity contribution in [1.82, 2.24) is 0 Å². The molecule has 2 atom stereocenters. The zero-order valence-corrected chi connectivity index (χ0v) is 6.71. The van der Waals surface area contributed by atoms with E-state index in [1.807, 2.05) is 0 Å². The average molecular weight is 144 g/mol. The zero-order valence-electron chi connectivity index (χ0n) is 6.71. The summed E-state index contributed by atoms with van der Waals surface area (Å²) in [5, 5.41) is 8.87. The quantitative estimate of drug-likeness (QED) is 0.599. The fraction of sp³-hybridized carbons (Fsp3) is 1.00. The van der Waals surface area contributed by atoms with Crippen molar-refractivity contribution in [1.29, 1.82) is 0 Å². The predicted molar refractivity (Wildman–Crippen MR) is 39.8 cm³/mol. The van der Waals surface area contributed by atoms with Gasteiger partial charge in [0.25, 0.3) is 0 Å². The largest absolute Gasteiger partial charge is 0.396 e. The van der Waals surface area contributed by atoms with Gasteiger partial charge in [-0.3, -0.25) is 0 Å². The number of aliphatic hydroxyl groups is 1. The van der Waals surface area contributed by atoms with Gasteiger partial charge < -0.3 is 9.84 Å². The topological polar surface area (TPSA) is 29.5 Å². The van der Waals surface area contributed by atoms with Gasteiger partial charge in [-0.05, 0) is 32.6 Å². The Morgan fingerprint density at radius 2 is 1.80 bits per heavy atom. The number of aliphatic hydroxyl groups excluding tert-OH is 1. The van der Waals surface area contributed by atoms with Crippen molar-refractivity contribution in [2.75, 3.05) is 6.61 Å². The van der Waals surface area contributed by atoms with Crippen LogP contribution in [0, 0.1) is 5.92 Å². The lowest BCUT2D eigenvalue weighted by Gasteiger charge is -2.30. The predicted octanol–water partition coefficient (Wildman–Crippen LogP) is 1.18. The summed E-state index contributed by atoms with van der Waals surface area (Å²) in [5.74, 6) is 0.471. The summed E-state index contributed by atoms with van der Waals surface area (Å²) in [5.41, 5.74) is 0. The van der Waals surface area contributed by atoms with Crippen molar-refractivity contribution in [3.05, 3.63) is 0 Å². The second-order valence-electron chi connectivity index (χ2n) is 3.28. The van der Waals surface area contributed by atoms with Crippen LogP contribution in [0.4, 0.5) is 0 Å². The highest BCUT2D eigenvalue weighted by Crippen LogP contribution is 2.23. The van der Waals surface area contributed by atoms with Crippen LogP contribution in [-0.2, 0) is 4.74 Å². The average Bonchev–Trinajstić information content (AvgIpc) is 1.85. The SMILES string of the molecule is C[C@@H]1CC(CO)C[C@@H](C)O1. The van der Waals surface area contributed by atoms with Crippen LogP contribution in [0.2, 0.25) is 0 Å². The molecule has 2 heteroatoms. The van der Waals surface area contributed by atoms with Crippen LogP contribution in [0.25, 0.3) is 0 Å². The number of hydrogen-bond acceptors (Lipinski definition) is 2. The van der Waals surface area contributed by atoms with Crippen LogP contribution in [-0.4, -0.2) is 23.9 Å². The Hall–Kier alpha value is -0.0800. The molecule has 0 spiro atoms. The molecule has 1 aliphatic rings. The van der Waals surface area contributed by atoms with Gasteiger partial charge in [0.15, 0.2) is 0 Å². The lowest BCUT2D eigenvalue weighted by atomic mass is 9.94. The highest BCUT2D eigenvalue weighted by atomic mass is 16.5. The molecule has 1 N–H and O–H groups in total. The maximum absolute atomic E-state index is 8.87. The first-order chi connectivity index (χ1) is 4.72. The summed E-state index contributed by atoms with van der Waals surface area (Å²) in [4.78, 5) is 0. The van der Waals surface area contributed by atoms with Gasteiger partial charge in [0.2, 0.25) is 0 Å². The molecule has 1 saturated heterocycles. The Morgan fingerprint density at radius 3 is 2.20 bits per heavy atom. The van der Waals surface area contributed by atoms with Crippen LogP contribution < -0.4 is 0 Å². The highest BCUT2D eigenvalue weighted by molar-refractivity contribution is 4.72. The molecule has 0 aromatic carbocycles. The molecular weight excluding hydrogens is 128 g/mol. The van der Waals surface area contributed by atoms with Crippen molar-refractivity contribution in [2.24, 2.45) is 5.92 Å². The van der Waals surface area contributed by atoms with Crippen LogP contribution in [0.5, 0.6) is 0 Å². The minimum absolute atomic E-state index is 0.318. The van der Waals surface area contributed by atoms with E-state index in [0.29, 0.717) is 24.7 Å². The normalized spacial score (nSPS) is 41.7. The maximum atomic E-state index is 8.87. The molecule has 2 nitrogen and oxygen atoms in total. The Morgan fingerprint density at radius 1 is 1.30 bits per heavy atom. The van der Waals surface area contributed by atoms with Crippen molar-refractivity contribution in [3.63, 3.8) is 0 Å². The molecule has 0 radical (unpaired) electrons. The fourth-order valence-corrected chi connectivity index (χ4v) is 1.69. The lowest BCUT2D eigenvalue weighted by Crippen LogP contribution is -2.30. The first-order valence-corrected chi connectivity index (χ1v) is 3.98. The van der Waals surface area contributed by atoms with Gasteiger partial charge in [0.1, 0.15) is 0 Å². The molecule has 0 saturated carbocycles. The smallest absolute Gasteiger partial charge is 0.0554 e. The first kappa shape index (κ1) is 8.02. The van der Waals surface area contributed by atoms with Crippen molar-refractivity contribution in [2.45, 2.75) is 38.9 Å². The third kappa shape index (κ3) is 1.96. The minimum Gasteiger partial charge on any atom is -0.396 e. The third-order valence-corrected chi connectivity index (χ3v) is 2.05. The van der Waals surface area contributed by atoms with Crippen molar-refractivity contribution >= 4 is 0 Å². The van der Waals surface area contributed by atoms with Crippen LogP contribution in [0.3, 0.4) is 0 Å². The van der Waals surface area contributed by atoms with Crippen LogP contribution in [0.15, 0.2) is 0 Å². The summed E-state index contributed by atoms with van der Waals surface area (Å²) in [6, 6.07) is 0. The molecule has 0 aliphatic carbocycles. The number of rotatable bonds is 1. The Bertz CT molecular complexity index is 93.4. The van der Waals surface area contributed by atoms with Gasteiger partial charge in [0.05, 0.1) is 12.2 Å². The Balaban J connectivity index is 2.35. The lowest BCUT2D eigenvalue weighted by molar-refractivity contribution is -0.0612. The van der Waals surface area contributed by atoms with E-state index in [2.05, 4.69) is 13.8 Å². The second kappa shape index (κ2) is 3.35. The van der Waals surface area contributed by atoms with Crippen molar-refractivity contribution < 1.29 is 9.84 Å². The van der Waals surface area contributed by atoms with Gasteiger partial charge in [-0.1, -0.05) is 0 Å². The molecule has 1 fully saturated rings. The van der Waals surface area contributed by atoms with Gasteiger partial charge in [-0.2, -0.15) is 0 Å². The summed E-state index contributed by atoms with van der Waals surface area (Å²) in [6.07, 6.45) is 2.70. The fourth-order valence-electron chi connectivity index (χ4n) is 1.69. The summed E-state index contributed by atoms with van der Waals surface area (Å²) >= 11 is 0. The van der Waals surface area contributed by atoms with E-state index in [4.69, 9.17) is 9.84 Å². The van der Waals surface area contributed by atoms with Gasteiger partial charge in [0, 0.05) is 6.61 Å². The van der Waals surface area contributed by atoms with E-state index in [0.717, 1.165) is 12.8 Å². The molecule has 0 unspecified atom stereocenters. The number of ether oxygens (including phenoxy) is 1. The first-order valence-electron chi connectivity index (χ1n) is 3.98. The van der Waals surface area contributed by atoms with Crippen LogP contribution in [0.1, 0.15) is 26.7 Å². The molecule has 1 aliphatic heterocycles. The molecule has 0 aromatic rings. The van der Waals surface area contributed by atoms with E-state index in [1.165, 1.54) is 0 Å². The molecule has 60 valence electrons. The molecule has 10 heavy (non-hydrogen) atoms. The van der Waals surface area contributed by atoms with Gasteiger partial charge in [-0.25, -0.2) is 0 Å². The summed E-state index contributed by atoms with van der Waals surface area (Å²) < 4.78 is 5.51. The monoisotopic (exact) mass is 144 g/mol. The molecule has 0 amide bonds. The van der Waals surface area contributed by atoms with E-state index in [1.54, 1.807) is 0 Å². The second-order valence-corrected chi connectivity index (χ2v) is 3.28. The zero-order chi connectivity index (χ0) is 7.56. The van der Waals surface area contributed by atoms with Crippen LogP contribution >= 0.6 is 0 Å². The van der Waals surface area contributed by atoms with E-state index in [-0.39, 0.29) is 0 Å². The van der Waals surface area contributed by atoms with Crippen molar-refractivity contribution in [3.8, 4) is 0 Å². The highest BCUT2D eigenvalue weighted by Gasteiger charge is 2.23. The summed E-state index contributed by atoms with van der Waals surface area (Å²) in [6.45, 7) is 4.45. The number of hydrogen-bond donors (Lipinski definition) is 1. The molecule has 0 bridgehead atoms. The third-order valence-electron chi connectivity index (χ3n) is 2.05. The van der Waals surface area contributed by atoms with E-state index in [9.17, 15) is 0 Å². The minimum atomic E-state index is 0.318. The molecule has 1 heterocycles. The Kier molecular flexibility index (Phi) is 2.69. The van der Waals surface area contributed by atoms with E-state index >= 15 is 0 Å². The van der Waals surface area contributed by atoms with E-state index < -0.39 is 0 Å². The standard InChI is InChI=1S/C8H16O2/c1-6-3-8(5-9)4-7(2)10-6/h6-9H,3-5H2,1-2H3/t6-,7-/m1/s1. The molecule has 0 aromatic heterocycles. The Labute approximate surface area is 62.2 Å². The maximum Gasteiger partial charge on any atom is 0.0554 e.